The van der Waals surface area contributed by atoms with Crippen LogP contribution in [0.3, 0.4) is 0 Å². The first kappa shape index (κ1) is 29.4. The summed E-state index contributed by atoms with van der Waals surface area (Å²) >= 11 is 8.64. The second-order valence-electron chi connectivity index (χ2n) is 9.06. The van der Waals surface area contributed by atoms with E-state index in [4.69, 9.17) is 21.1 Å². The van der Waals surface area contributed by atoms with Gasteiger partial charge in [-0.15, -0.1) is 10.2 Å². The summed E-state index contributed by atoms with van der Waals surface area (Å²) in [5.74, 6) is -0.173. The third-order valence-corrected chi connectivity index (χ3v) is 8.68. The van der Waals surface area contributed by atoms with Crippen LogP contribution in [-0.2, 0) is 15.3 Å². The maximum Gasteiger partial charge on any atom is 0.301 e. The summed E-state index contributed by atoms with van der Waals surface area (Å²) in [6.45, 7) is 6.32. The summed E-state index contributed by atoms with van der Waals surface area (Å²) in [5.41, 5.74) is 1.93. The first-order valence-corrected chi connectivity index (χ1v) is 15.2. The lowest BCUT2D eigenvalue weighted by Crippen LogP contribution is -2.29. The van der Waals surface area contributed by atoms with Crippen molar-refractivity contribution in [3.05, 3.63) is 113 Å². The number of nitrogens with zero attached hydrogens (tertiary/aromatic N) is 3. The number of carbonyl (C=O) groups excluding carboxylic acids is 2. The number of aliphatic hydroxyl groups excluding tert-OH is 1. The van der Waals surface area contributed by atoms with Crippen molar-refractivity contribution >= 4 is 57.3 Å². The zero-order valence-corrected chi connectivity index (χ0v) is 24.9. The standard InChI is InChI=1S/C31H26ClN3O5S2/c1-3-16-40-24-7-5-6-21(17-24)26-25(27(36)20-10-14-23(15-11-20)39-4-2)28(37)29(38)35(26)30-33-34-31(42-30)41-18-19-8-12-22(32)13-9-19/h3,5-15,17,26,36H,1,4,16,18H2,2H3/b27-25+. The Kier molecular flexibility index (Phi) is 9.26. The topological polar surface area (TPSA) is 102 Å². The smallest absolute Gasteiger partial charge is 0.301 e. The van der Waals surface area contributed by atoms with Crippen LogP contribution < -0.4 is 14.4 Å². The van der Waals surface area contributed by atoms with Crippen molar-refractivity contribution in [1.29, 1.82) is 0 Å². The lowest BCUT2D eigenvalue weighted by Gasteiger charge is -2.23. The molecule has 0 spiro atoms. The van der Waals surface area contributed by atoms with Crippen molar-refractivity contribution in [3.8, 4) is 11.5 Å². The zero-order valence-electron chi connectivity index (χ0n) is 22.5. The molecule has 1 atom stereocenters. The monoisotopic (exact) mass is 619 g/mol. The largest absolute Gasteiger partial charge is 0.507 e. The number of thioether (sulfide) groups is 1. The quantitative estimate of drug-likeness (QED) is 0.0475. The molecule has 8 nitrogen and oxygen atoms in total. The van der Waals surface area contributed by atoms with E-state index in [1.54, 1.807) is 54.6 Å². The molecule has 1 aliphatic heterocycles. The maximum absolute atomic E-state index is 13.5. The Bertz CT molecular complexity index is 1640. The van der Waals surface area contributed by atoms with Crippen LogP contribution in [-0.4, -0.2) is 40.2 Å². The molecule has 1 aromatic heterocycles. The van der Waals surface area contributed by atoms with E-state index in [0.717, 1.165) is 5.56 Å². The van der Waals surface area contributed by atoms with Crippen molar-refractivity contribution < 1.29 is 24.2 Å². The SMILES string of the molecule is C=CCOc1cccc(C2/C(=C(\O)c3ccc(OCC)cc3)C(=O)C(=O)N2c2nnc(SCc3ccc(Cl)cc3)s2)c1. The molecule has 0 bridgehead atoms. The number of rotatable bonds is 11. The van der Waals surface area contributed by atoms with Gasteiger partial charge < -0.3 is 14.6 Å². The Labute approximate surface area is 256 Å². The third-order valence-electron chi connectivity index (χ3n) is 6.30. The molecule has 1 amide bonds. The molecule has 4 aromatic rings. The molecular weight excluding hydrogens is 594 g/mol. The van der Waals surface area contributed by atoms with Gasteiger partial charge in [0.05, 0.1) is 18.2 Å². The third kappa shape index (κ3) is 6.35. The average molecular weight is 620 g/mol. The van der Waals surface area contributed by atoms with Gasteiger partial charge in [-0.05, 0) is 66.6 Å². The van der Waals surface area contributed by atoms with Crippen LogP contribution in [0.1, 0.15) is 29.7 Å². The molecule has 3 aromatic carbocycles. The molecule has 42 heavy (non-hydrogen) atoms. The second-order valence-corrected chi connectivity index (χ2v) is 11.7. The normalized spacial score (nSPS) is 16.0. The Hall–Kier alpha value is -4.12. The van der Waals surface area contributed by atoms with Gasteiger partial charge in [-0.3, -0.25) is 14.5 Å². The minimum absolute atomic E-state index is 0.0596. The fourth-order valence-electron chi connectivity index (χ4n) is 4.39. The minimum Gasteiger partial charge on any atom is -0.507 e. The summed E-state index contributed by atoms with van der Waals surface area (Å²) in [6, 6.07) is 20.2. The van der Waals surface area contributed by atoms with Crippen molar-refractivity contribution in [1.82, 2.24) is 10.2 Å². The van der Waals surface area contributed by atoms with E-state index in [-0.39, 0.29) is 23.1 Å². The van der Waals surface area contributed by atoms with Gasteiger partial charge in [0.1, 0.15) is 23.9 Å². The van der Waals surface area contributed by atoms with Gasteiger partial charge in [0.15, 0.2) is 4.34 Å². The van der Waals surface area contributed by atoms with Gasteiger partial charge in [-0.2, -0.15) is 0 Å². The van der Waals surface area contributed by atoms with Gasteiger partial charge in [-0.25, -0.2) is 0 Å². The van der Waals surface area contributed by atoms with Crippen molar-refractivity contribution in [2.24, 2.45) is 0 Å². The number of amides is 1. The molecule has 0 saturated carbocycles. The van der Waals surface area contributed by atoms with Crippen LogP contribution in [0.15, 0.2) is 95.4 Å². The van der Waals surface area contributed by atoms with E-state index in [1.165, 1.54) is 28.0 Å². The molecule has 1 unspecified atom stereocenters. The van der Waals surface area contributed by atoms with Gasteiger partial charge in [-0.1, -0.05) is 71.6 Å². The molecular formula is C31H26ClN3O5S2. The van der Waals surface area contributed by atoms with E-state index in [9.17, 15) is 14.7 Å². The number of hydrogen-bond acceptors (Lipinski definition) is 9. The van der Waals surface area contributed by atoms with Crippen LogP contribution in [0.5, 0.6) is 11.5 Å². The highest BCUT2D eigenvalue weighted by Crippen LogP contribution is 2.44. The Morgan fingerprint density at radius 2 is 1.83 bits per heavy atom. The molecule has 11 heteroatoms. The van der Waals surface area contributed by atoms with E-state index in [2.05, 4.69) is 16.8 Å². The molecule has 2 heterocycles. The Morgan fingerprint density at radius 1 is 1.07 bits per heavy atom. The number of benzene rings is 3. The minimum atomic E-state index is -0.967. The highest BCUT2D eigenvalue weighted by molar-refractivity contribution is 8.00. The highest BCUT2D eigenvalue weighted by atomic mass is 35.5. The summed E-state index contributed by atoms with van der Waals surface area (Å²) in [7, 11) is 0. The number of hydrogen-bond donors (Lipinski definition) is 1. The molecule has 1 fully saturated rings. The molecule has 5 rings (SSSR count). The van der Waals surface area contributed by atoms with Gasteiger partial charge in [0.2, 0.25) is 5.13 Å². The molecule has 1 aliphatic rings. The molecule has 214 valence electrons. The van der Waals surface area contributed by atoms with Crippen molar-refractivity contribution in [2.75, 3.05) is 18.1 Å². The van der Waals surface area contributed by atoms with Crippen LogP contribution in [0.25, 0.3) is 5.76 Å². The number of aliphatic hydroxyl groups is 1. The number of halogens is 1. The predicted molar refractivity (Wildman–Crippen MR) is 165 cm³/mol. The number of carbonyl (C=O) groups is 2. The van der Waals surface area contributed by atoms with Crippen molar-refractivity contribution in [3.63, 3.8) is 0 Å². The van der Waals surface area contributed by atoms with Gasteiger partial charge >= 0.3 is 5.91 Å². The van der Waals surface area contributed by atoms with Crippen LogP contribution in [0.2, 0.25) is 5.02 Å². The Morgan fingerprint density at radius 3 is 2.55 bits per heavy atom. The van der Waals surface area contributed by atoms with E-state index >= 15 is 0 Å². The zero-order chi connectivity index (χ0) is 29.6. The second kappa shape index (κ2) is 13.2. The molecule has 1 saturated heterocycles. The highest BCUT2D eigenvalue weighted by Gasteiger charge is 2.48. The first-order valence-electron chi connectivity index (χ1n) is 13.0. The fraction of sp³-hybridized carbons (Fsp3) is 0.161. The summed E-state index contributed by atoms with van der Waals surface area (Å²) in [4.78, 5) is 28.4. The van der Waals surface area contributed by atoms with E-state index < -0.39 is 17.7 Å². The van der Waals surface area contributed by atoms with E-state index in [0.29, 0.717) is 44.3 Å². The molecule has 0 aliphatic carbocycles. The van der Waals surface area contributed by atoms with Crippen LogP contribution >= 0.6 is 34.7 Å². The maximum atomic E-state index is 13.5. The van der Waals surface area contributed by atoms with Crippen molar-refractivity contribution in [2.45, 2.75) is 23.1 Å². The summed E-state index contributed by atoms with van der Waals surface area (Å²) in [6.07, 6.45) is 1.62. The fourth-order valence-corrected chi connectivity index (χ4v) is 6.34. The Balaban J connectivity index is 1.53. The molecule has 1 N–H and O–H groups in total. The average Bonchev–Trinajstić information content (AvgIpc) is 3.58. The number of anilines is 1. The number of ether oxygens (including phenoxy) is 2. The molecule has 0 radical (unpaired) electrons. The van der Waals surface area contributed by atoms with Gasteiger partial charge in [0.25, 0.3) is 5.78 Å². The van der Waals surface area contributed by atoms with E-state index in [1.807, 2.05) is 31.2 Å². The lowest BCUT2D eigenvalue weighted by molar-refractivity contribution is -0.132. The van der Waals surface area contributed by atoms with Crippen LogP contribution in [0.4, 0.5) is 5.13 Å². The number of aromatic nitrogens is 2. The number of ketones is 1. The van der Waals surface area contributed by atoms with Gasteiger partial charge in [0, 0.05) is 16.3 Å². The predicted octanol–water partition coefficient (Wildman–Crippen LogP) is 7.07. The summed E-state index contributed by atoms with van der Waals surface area (Å²) in [5, 5.41) is 20.8. The first-order chi connectivity index (χ1) is 20.4. The number of Topliss-reactive ketones (excluding diaryl/α,β-unsaturated/α-hetero) is 1. The van der Waals surface area contributed by atoms with Crippen LogP contribution in [0, 0.1) is 0 Å². The summed E-state index contributed by atoms with van der Waals surface area (Å²) < 4.78 is 11.8. The lowest BCUT2D eigenvalue weighted by atomic mass is 9.95.